The largest absolute Gasteiger partial charge is 0.456 e. The van der Waals surface area contributed by atoms with Crippen LogP contribution in [0.5, 0.6) is 0 Å². The SMILES string of the molecule is CCc1cc(C)c(C(=O)NC2C3CCC(C3)C2CO)o1. The number of rotatable bonds is 4. The summed E-state index contributed by atoms with van der Waals surface area (Å²) in [4.78, 5) is 12.4. The summed E-state index contributed by atoms with van der Waals surface area (Å²) >= 11 is 0. The first-order valence-corrected chi connectivity index (χ1v) is 7.65. The Kier molecular flexibility index (Phi) is 3.59. The molecule has 1 heterocycles. The number of carbonyl (C=O) groups excluding carboxylic acids is 1. The first kappa shape index (κ1) is 13.7. The fraction of sp³-hybridized carbons (Fsp3) is 0.688. The van der Waals surface area contributed by atoms with Gasteiger partial charge in [0.2, 0.25) is 0 Å². The maximum absolute atomic E-state index is 12.4. The van der Waals surface area contributed by atoms with Crippen molar-refractivity contribution in [2.24, 2.45) is 17.8 Å². The molecule has 0 aliphatic heterocycles. The number of nitrogens with one attached hydrogen (secondary N) is 1. The number of hydrogen-bond acceptors (Lipinski definition) is 3. The predicted molar refractivity (Wildman–Crippen MR) is 75.5 cm³/mol. The Morgan fingerprint density at radius 1 is 1.45 bits per heavy atom. The van der Waals surface area contributed by atoms with E-state index >= 15 is 0 Å². The highest BCUT2D eigenvalue weighted by Crippen LogP contribution is 2.48. The lowest BCUT2D eigenvalue weighted by molar-refractivity contribution is 0.0832. The van der Waals surface area contributed by atoms with Crippen molar-refractivity contribution in [2.45, 2.75) is 45.6 Å². The third-order valence-electron chi connectivity index (χ3n) is 5.12. The molecule has 0 spiro atoms. The summed E-state index contributed by atoms with van der Waals surface area (Å²) in [6, 6.07) is 2.04. The van der Waals surface area contributed by atoms with Gasteiger partial charge in [0.25, 0.3) is 5.91 Å². The van der Waals surface area contributed by atoms with Crippen LogP contribution in [0.25, 0.3) is 0 Å². The van der Waals surface area contributed by atoms with Crippen molar-refractivity contribution in [1.29, 1.82) is 0 Å². The third-order valence-corrected chi connectivity index (χ3v) is 5.12. The van der Waals surface area contributed by atoms with Crippen LogP contribution in [0.2, 0.25) is 0 Å². The highest BCUT2D eigenvalue weighted by atomic mass is 16.4. The molecular formula is C16H23NO3. The molecule has 2 fully saturated rings. The molecular weight excluding hydrogens is 254 g/mol. The minimum atomic E-state index is -0.127. The van der Waals surface area contributed by atoms with Crippen LogP contribution in [0.1, 0.15) is 48.1 Å². The first-order chi connectivity index (χ1) is 9.63. The highest BCUT2D eigenvalue weighted by molar-refractivity contribution is 5.93. The van der Waals surface area contributed by atoms with Crippen LogP contribution in [0.3, 0.4) is 0 Å². The van der Waals surface area contributed by atoms with Crippen LogP contribution in [0.15, 0.2) is 10.5 Å². The van der Waals surface area contributed by atoms with Gasteiger partial charge in [-0.2, -0.15) is 0 Å². The van der Waals surface area contributed by atoms with E-state index in [0.717, 1.165) is 24.2 Å². The Morgan fingerprint density at radius 2 is 2.20 bits per heavy atom. The van der Waals surface area contributed by atoms with Crippen molar-refractivity contribution in [2.75, 3.05) is 6.61 Å². The van der Waals surface area contributed by atoms with Crippen LogP contribution >= 0.6 is 0 Å². The Hall–Kier alpha value is -1.29. The second-order valence-electron chi connectivity index (χ2n) is 6.26. The molecule has 4 nitrogen and oxygen atoms in total. The molecule has 110 valence electrons. The number of hydrogen-bond donors (Lipinski definition) is 2. The summed E-state index contributed by atoms with van der Waals surface area (Å²) in [7, 11) is 0. The maximum atomic E-state index is 12.4. The fourth-order valence-corrected chi connectivity index (χ4v) is 4.06. The number of amides is 1. The molecule has 20 heavy (non-hydrogen) atoms. The second-order valence-corrected chi connectivity index (χ2v) is 6.26. The van der Waals surface area contributed by atoms with Crippen molar-refractivity contribution < 1.29 is 14.3 Å². The zero-order valence-corrected chi connectivity index (χ0v) is 12.2. The van der Waals surface area contributed by atoms with Crippen molar-refractivity contribution in [1.82, 2.24) is 5.32 Å². The molecule has 4 unspecified atom stereocenters. The maximum Gasteiger partial charge on any atom is 0.287 e. The van der Waals surface area contributed by atoms with E-state index in [0.29, 0.717) is 17.6 Å². The zero-order chi connectivity index (χ0) is 14.3. The standard InChI is InChI=1S/C16H23NO3/c1-3-12-6-9(2)15(20-12)16(19)17-14-11-5-4-10(7-11)13(14)8-18/h6,10-11,13-14,18H,3-5,7-8H2,1-2H3,(H,17,19). The molecule has 1 amide bonds. The molecule has 0 saturated heterocycles. The van der Waals surface area contributed by atoms with Gasteiger partial charge in [-0.05, 0) is 44.1 Å². The van der Waals surface area contributed by atoms with Crippen LogP contribution < -0.4 is 5.32 Å². The smallest absolute Gasteiger partial charge is 0.287 e. The molecule has 2 bridgehead atoms. The molecule has 0 radical (unpaired) electrons. The van der Waals surface area contributed by atoms with Gasteiger partial charge in [0.15, 0.2) is 5.76 Å². The molecule has 1 aromatic heterocycles. The molecule has 3 rings (SSSR count). The summed E-state index contributed by atoms with van der Waals surface area (Å²) in [6.45, 7) is 4.09. The molecule has 2 N–H and O–H groups in total. The minimum Gasteiger partial charge on any atom is -0.456 e. The molecule has 2 saturated carbocycles. The summed E-state index contributed by atoms with van der Waals surface area (Å²) in [6.07, 6.45) is 4.31. The summed E-state index contributed by atoms with van der Waals surface area (Å²) < 4.78 is 5.61. The average molecular weight is 277 g/mol. The Bertz CT molecular complexity index is 508. The molecule has 4 atom stereocenters. The molecule has 2 aliphatic carbocycles. The van der Waals surface area contributed by atoms with E-state index in [4.69, 9.17) is 4.42 Å². The van der Waals surface area contributed by atoms with Gasteiger partial charge in [-0.1, -0.05) is 6.92 Å². The average Bonchev–Trinajstić information content (AvgIpc) is 3.12. The topological polar surface area (TPSA) is 62.5 Å². The van der Waals surface area contributed by atoms with Crippen molar-refractivity contribution in [3.8, 4) is 0 Å². The number of furan rings is 1. The van der Waals surface area contributed by atoms with Gasteiger partial charge in [-0.15, -0.1) is 0 Å². The quantitative estimate of drug-likeness (QED) is 0.887. The van der Waals surface area contributed by atoms with E-state index in [1.807, 2.05) is 19.9 Å². The minimum absolute atomic E-state index is 0.112. The summed E-state index contributed by atoms with van der Waals surface area (Å²) in [5.74, 6) is 2.48. The van der Waals surface area contributed by atoms with Gasteiger partial charge in [0.1, 0.15) is 5.76 Å². The number of carbonyl (C=O) groups is 1. The Labute approximate surface area is 119 Å². The third kappa shape index (κ3) is 2.16. The van der Waals surface area contributed by atoms with Crippen LogP contribution in [0, 0.1) is 24.7 Å². The summed E-state index contributed by atoms with van der Waals surface area (Å²) in [5, 5.41) is 12.7. The van der Waals surface area contributed by atoms with Crippen LogP contribution in [0.4, 0.5) is 0 Å². The highest BCUT2D eigenvalue weighted by Gasteiger charge is 2.47. The molecule has 0 aromatic carbocycles. The van der Waals surface area contributed by atoms with Crippen molar-refractivity contribution in [3.63, 3.8) is 0 Å². The normalized spacial score (nSPS) is 31.8. The molecule has 2 aliphatic rings. The van der Waals surface area contributed by atoms with E-state index in [-0.39, 0.29) is 24.5 Å². The lowest BCUT2D eigenvalue weighted by Crippen LogP contribution is -2.45. The van der Waals surface area contributed by atoms with E-state index in [2.05, 4.69) is 5.32 Å². The number of aliphatic hydroxyl groups is 1. The summed E-state index contributed by atoms with van der Waals surface area (Å²) in [5.41, 5.74) is 0.892. The van der Waals surface area contributed by atoms with Gasteiger partial charge in [0.05, 0.1) is 0 Å². The lowest BCUT2D eigenvalue weighted by Gasteiger charge is -2.30. The van der Waals surface area contributed by atoms with Gasteiger partial charge < -0.3 is 14.8 Å². The number of aliphatic hydroxyl groups excluding tert-OH is 1. The Balaban J connectivity index is 1.74. The van der Waals surface area contributed by atoms with Crippen LogP contribution in [-0.4, -0.2) is 23.7 Å². The predicted octanol–water partition coefficient (Wildman–Crippen LogP) is 2.29. The number of aryl methyl sites for hydroxylation is 2. The van der Waals surface area contributed by atoms with Crippen molar-refractivity contribution in [3.05, 3.63) is 23.2 Å². The zero-order valence-electron chi connectivity index (χ0n) is 12.2. The second kappa shape index (κ2) is 5.24. The van der Waals surface area contributed by atoms with Gasteiger partial charge >= 0.3 is 0 Å². The van der Waals surface area contributed by atoms with E-state index in [1.54, 1.807) is 0 Å². The van der Waals surface area contributed by atoms with Gasteiger partial charge in [-0.3, -0.25) is 4.79 Å². The molecule has 1 aromatic rings. The van der Waals surface area contributed by atoms with Crippen LogP contribution in [-0.2, 0) is 6.42 Å². The van der Waals surface area contributed by atoms with E-state index < -0.39 is 0 Å². The molecule has 4 heteroatoms. The van der Waals surface area contributed by atoms with E-state index in [1.165, 1.54) is 12.8 Å². The van der Waals surface area contributed by atoms with Gasteiger partial charge in [0, 0.05) is 30.6 Å². The van der Waals surface area contributed by atoms with Crippen molar-refractivity contribution >= 4 is 5.91 Å². The first-order valence-electron chi connectivity index (χ1n) is 7.65. The lowest BCUT2D eigenvalue weighted by atomic mass is 9.85. The monoisotopic (exact) mass is 277 g/mol. The van der Waals surface area contributed by atoms with Gasteiger partial charge in [-0.25, -0.2) is 0 Å². The fourth-order valence-electron chi connectivity index (χ4n) is 4.06. The van der Waals surface area contributed by atoms with E-state index in [9.17, 15) is 9.90 Å². The Morgan fingerprint density at radius 3 is 2.85 bits per heavy atom. The number of fused-ring (bicyclic) bond motifs is 2.